The van der Waals surface area contributed by atoms with Gasteiger partial charge < -0.3 is 34.8 Å². The monoisotopic (exact) mass is 789 g/mol. The molecule has 4 aromatic rings. The molecule has 14 nitrogen and oxygen atoms in total. The number of benzene rings is 3. The fourth-order valence-corrected chi connectivity index (χ4v) is 8.62. The first-order valence-electron chi connectivity index (χ1n) is 19.9. The van der Waals surface area contributed by atoms with Crippen LogP contribution in [0.5, 0.6) is 5.75 Å². The summed E-state index contributed by atoms with van der Waals surface area (Å²) < 4.78 is 1.91. The van der Waals surface area contributed by atoms with E-state index in [2.05, 4.69) is 11.9 Å². The summed E-state index contributed by atoms with van der Waals surface area (Å²) in [5, 5.41) is 26.1. The predicted octanol–water partition coefficient (Wildman–Crippen LogP) is 2.97. The average Bonchev–Trinajstić information content (AvgIpc) is 3.56. The normalized spacial score (nSPS) is 19.1. The first-order chi connectivity index (χ1) is 28.1. The van der Waals surface area contributed by atoms with Gasteiger partial charge in [-0.05, 0) is 48.1 Å². The summed E-state index contributed by atoms with van der Waals surface area (Å²) in [6, 6.07) is 21.0. The van der Waals surface area contributed by atoms with E-state index in [1.165, 1.54) is 0 Å². The van der Waals surface area contributed by atoms with Gasteiger partial charge in [0.1, 0.15) is 18.0 Å². The summed E-state index contributed by atoms with van der Waals surface area (Å²) in [5.41, 5.74) is 3.91. The third kappa shape index (κ3) is 8.48. The number of aromatic hydroxyl groups is 1. The number of piperazine rings is 1. The van der Waals surface area contributed by atoms with Gasteiger partial charge in [0.2, 0.25) is 23.6 Å². The number of piperidine rings is 1. The lowest BCUT2D eigenvalue weighted by Crippen LogP contribution is -2.75. The number of aryl methyl sites for hydroxylation is 2. The number of para-hydroxylation sites is 1. The molecular weight excluding hydrogens is 739 g/mol. The van der Waals surface area contributed by atoms with Crippen molar-refractivity contribution in [1.29, 1.82) is 0 Å². The van der Waals surface area contributed by atoms with Crippen molar-refractivity contribution in [2.75, 3.05) is 39.3 Å². The number of likely N-dealkylation sites (tertiary alicyclic amines) is 1. The van der Waals surface area contributed by atoms with Crippen LogP contribution in [0, 0.1) is 0 Å². The molecule has 7 rings (SSSR count). The number of carbonyl (C=O) groups excluding carboxylic acids is 5. The lowest BCUT2D eigenvalue weighted by atomic mass is 9.97. The van der Waals surface area contributed by atoms with Crippen molar-refractivity contribution in [2.24, 2.45) is 7.05 Å². The van der Waals surface area contributed by atoms with E-state index >= 15 is 0 Å². The Bertz CT molecular complexity index is 2160. The van der Waals surface area contributed by atoms with Crippen LogP contribution in [0.4, 0.5) is 0 Å². The van der Waals surface area contributed by atoms with E-state index in [0.29, 0.717) is 37.9 Å². The molecule has 0 radical (unpaired) electrons. The molecule has 3 aromatic carbocycles. The number of amides is 5. The van der Waals surface area contributed by atoms with E-state index in [4.69, 9.17) is 5.11 Å². The highest BCUT2D eigenvalue weighted by Gasteiger charge is 2.51. The van der Waals surface area contributed by atoms with Gasteiger partial charge in [0.25, 0.3) is 5.91 Å². The second-order valence-electron chi connectivity index (χ2n) is 15.3. The number of nitrogens with one attached hydrogen (secondary N) is 1. The van der Waals surface area contributed by atoms with Crippen LogP contribution < -0.4 is 5.32 Å². The highest BCUT2D eigenvalue weighted by molar-refractivity contribution is 6.07. The van der Waals surface area contributed by atoms with Crippen LogP contribution in [0.2, 0.25) is 0 Å². The largest absolute Gasteiger partial charge is 0.508 e. The fraction of sp³-hybridized carbons (Fsp3) is 0.386. The number of rotatable bonds is 13. The minimum absolute atomic E-state index is 0.0511. The Hall–Kier alpha value is -5.99. The Morgan fingerprint density at radius 1 is 0.931 bits per heavy atom. The average molecular weight is 790 g/mol. The van der Waals surface area contributed by atoms with Crippen molar-refractivity contribution in [2.45, 2.75) is 63.3 Å². The standard InChI is InChI=1S/C44H51N7O7/c1-3-21-49-29-41(56)50-37(25-31-12-15-34(53)16-13-31)44(58)48(28-39(50)51(49)40(55)17-14-30-8-5-4-6-9-30)26-32-10-7-11-35-36(27-46(2)42(32)35)43(57)47-22-18-33(19-23-47)45-38(54)20-24-52/h3-13,15-16,27,33,37,39,52-53H,1,14,17-26,28-29H2,2H3,(H,45,54)/t37-,39-/m0/s1. The molecule has 0 unspecified atom stereocenters. The number of hydrogen-bond acceptors (Lipinski definition) is 8. The van der Waals surface area contributed by atoms with Crippen LogP contribution >= 0.6 is 0 Å². The second-order valence-corrected chi connectivity index (χ2v) is 15.3. The minimum atomic E-state index is -0.924. The summed E-state index contributed by atoms with van der Waals surface area (Å²) in [6.45, 7) is 5.04. The zero-order chi connectivity index (χ0) is 40.9. The van der Waals surface area contributed by atoms with E-state index in [0.717, 1.165) is 27.6 Å². The van der Waals surface area contributed by atoms with Crippen molar-refractivity contribution >= 4 is 40.4 Å². The van der Waals surface area contributed by atoms with Crippen LogP contribution in [-0.4, -0.2) is 127 Å². The topological polar surface area (TPSA) is 159 Å². The Morgan fingerprint density at radius 2 is 1.67 bits per heavy atom. The maximum absolute atomic E-state index is 14.7. The number of hydrogen-bond donors (Lipinski definition) is 3. The molecule has 5 amide bonds. The number of nitrogens with zero attached hydrogens (tertiary/aromatic N) is 6. The highest BCUT2D eigenvalue weighted by Crippen LogP contribution is 2.32. The molecule has 2 atom stereocenters. The molecule has 3 N–H and O–H groups in total. The van der Waals surface area contributed by atoms with Crippen molar-refractivity contribution < 1.29 is 34.2 Å². The molecule has 3 aliphatic heterocycles. The predicted molar refractivity (Wildman–Crippen MR) is 217 cm³/mol. The molecular formula is C44H51N7O7. The van der Waals surface area contributed by atoms with E-state index in [-0.39, 0.29) is 93.4 Å². The van der Waals surface area contributed by atoms with Crippen LogP contribution in [-0.2, 0) is 45.6 Å². The zero-order valence-electron chi connectivity index (χ0n) is 32.8. The van der Waals surface area contributed by atoms with E-state index in [1.807, 2.05) is 66.3 Å². The van der Waals surface area contributed by atoms with E-state index in [9.17, 15) is 29.1 Å². The SMILES string of the molecule is C=CCN1CC(=O)N2[C@@H](Cc3ccc(O)cc3)C(=O)N(Cc3cccc4c(C(=O)N5CCC(NC(=O)CCO)CC5)cn(C)c34)C[C@@H]2N1C(=O)CCc1ccccc1. The molecule has 14 heteroatoms. The number of aliphatic hydroxyl groups excluding tert-OH is 1. The fourth-order valence-electron chi connectivity index (χ4n) is 8.62. The summed E-state index contributed by atoms with van der Waals surface area (Å²) >= 11 is 0. The maximum Gasteiger partial charge on any atom is 0.256 e. The number of aromatic nitrogens is 1. The molecule has 0 saturated carbocycles. The van der Waals surface area contributed by atoms with Crippen LogP contribution in [0.25, 0.3) is 10.9 Å². The van der Waals surface area contributed by atoms with Gasteiger partial charge in [-0.2, -0.15) is 0 Å². The number of fused-ring (bicyclic) bond motifs is 2. The lowest BCUT2D eigenvalue weighted by Gasteiger charge is -2.55. The molecule has 3 fully saturated rings. The zero-order valence-corrected chi connectivity index (χ0v) is 32.8. The molecule has 3 aliphatic rings. The first-order valence-corrected chi connectivity index (χ1v) is 19.9. The third-order valence-corrected chi connectivity index (χ3v) is 11.4. The van der Waals surface area contributed by atoms with Gasteiger partial charge in [0.05, 0.1) is 30.8 Å². The molecule has 304 valence electrons. The van der Waals surface area contributed by atoms with Gasteiger partial charge >= 0.3 is 0 Å². The van der Waals surface area contributed by atoms with E-state index in [1.54, 1.807) is 55.1 Å². The molecule has 0 spiro atoms. The highest BCUT2D eigenvalue weighted by atomic mass is 16.3. The Labute approximate surface area is 337 Å². The molecule has 3 saturated heterocycles. The number of carbonyl (C=O) groups is 5. The van der Waals surface area contributed by atoms with Crippen molar-refractivity contribution in [3.05, 3.63) is 114 Å². The number of hydrazine groups is 1. The van der Waals surface area contributed by atoms with Crippen LogP contribution in [0.15, 0.2) is 91.6 Å². The molecule has 1 aromatic heterocycles. The third-order valence-electron chi connectivity index (χ3n) is 11.4. The Kier molecular flexibility index (Phi) is 12.2. The number of phenolic OH excluding ortho intramolecular Hbond substituents is 1. The van der Waals surface area contributed by atoms with Gasteiger partial charge in [-0.15, -0.1) is 6.58 Å². The first kappa shape index (κ1) is 40.2. The number of phenols is 1. The smallest absolute Gasteiger partial charge is 0.256 e. The van der Waals surface area contributed by atoms with Crippen molar-refractivity contribution in [1.82, 2.24) is 34.6 Å². The lowest BCUT2D eigenvalue weighted by molar-refractivity contribution is -0.205. The van der Waals surface area contributed by atoms with Gasteiger partial charge in [-0.1, -0.05) is 66.7 Å². The van der Waals surface area contributed by atoms with Gasteiger partial charge in [-0.25, -0.2) is 10.0 Å². The van der Waals surface area contributed by atoms with Crippen molar-refractivity contribution in [3.8, 4) is 5.75 Å². The summed E-state index contributed by atoms with van der Waals surface area (Å²) in [4.78, 5) is 74.2. The molecule has 58 heavy (non-hydrogen) atoms. The van der Waals surface area contributed by atoms with Crippen LogP contribution in [0.3, 0.4) is 0 Å². The van der Waals surface area contributed by atoms with E-state index < -0.39 is 12.2 Å². The second kappa shape index (κ2) is 17.7. The maximum atomic E-state index is 14.7. The Morgan fingerprint density at radius 3 is 2.38 bits per heavy atom. The number of aliphatic hydroxyl groups is 1. The molecule has 0 aliphatic carbocycles. The summed E-state index contributed by atoms with van der Waals surface area (Å²) in [6.07, 6.45) is 4.85. The summed E-state index contributed by atoms with van der Waals surface area (Å²) in [5.74, 6) is -0.928. The van der Waals surface area contributed by atoms with Gasteiger partial charge in [0.15, 0.2) is 0 Å². The minimum Gasteiger partial charge on any atom is -0.508 e. The van der Waals surface area contributed by atoms with Crippen LogP contribution in [0.1, 0.15) is 52.7 Å². The summed E-state index contributed by atoms with van der Waals surface area (Å²) in [7, 11) is 1.87. The quantitative estimate of drug-likeness (QED) is 0.175. The molecule has 0 bridgehead atoms. The van der Waals surface area contributed by atoms with Gasteiger partial charge in [0, 0.05) is 70.1 Å². The molecule has 4 heterocycles. The van der Waals surface area contributed by atoms with Crippen molar-refractivity contribution in [3.63, 3.8) is 0 Å². The Balaban J connectivity index is 1.18. The van der Waals surface area contributed by atoms with Gasteiger partial charge in [-0.3, -0.25) is 24.0 Å².